The lowest BCUT2D eigenvalue weighted by molar-refractivity contribution is 0.0713. The van der Waals surface area contributed by atoms with E-state index in [2.05, 4.69) is 15.3 Å². The smallest absolute Gasteiger partial charge is 0.271 e. The normalized spacial score (nSPS) is 24.4. The van der Waals surface area contributed by atoms with E-state index in [4.69, 9.17) is 11.6 Å². The van der Waals surface area contributed by atoms with Gasteiger partial charge in [0.1, 0.15) is 10.8 Å². The zero-order valence-electron chi connectivity index (χ0n) is 9.27. The molecule has 2 rings (SSSR count). The predicted octanol–water partition coefficient (Wildman–Crippen LogP) is 1.16. The van der Waals surface area contributed by atoms with Crippen LogP contribution in [0.1, 0.15) is 36.2 Å². The fraction of sp³-hybridized carbons (Fsp3) is 0.545. The molecule has 2 atom stereocenters. The molecule has 1 saturated carbocycles. The highest BCUT2D eigenvalue weighted by Gasteiger charge is 2.25. The molecule has 1 aromatic rings. The molecule has 1 fully saturated rings. The molecule has 6 heteroatoms. The van der Waals surface area contributed by atoms with Gasteiger partial charge in [0.25, 0.3) is 5.91 Å². The first-order valence-corrected chi connectivity index (χ1v) is 6.01. The van der Waals surface area contributed by atoms with E-state index in [9.17, 15) is 9.90 Å². The van der Waals surface area contributed by atoms with E-state index in [1.54, 1.807) is 0 Å². The van der Waals surface area contributed by atoms with Crippen molar-refractivity contribution in [2.45, 2.75) is 37.8 Å². The van der Waals surface area contributed by atoms with Crippen LogP contribution in [0.5, 0.6) is 0 Å². The Kier molecular flexibility index (Phi) is 3.91. The molecule has 1 heterocycles. The number of aromatic nitrogens is 2. The molecule has 1 aliphatic rings. The molecular weight excluding hydrogens is 242 g/mol. The van der Waals surface area contributed by atoms with Crippen molar-refractivity contribution in [1.82, 2.24) is 15.3 Å². The number of amides is 1. The number of rotatable bonds is 2. The van der Waals surface area contributed by atoms with E-state index in [1.165, 1.54) is 12.4 Å². The molecule has 1 aromatic heterocycles. The summed E-state index contributed by atoms with van der Waals surface area (Å²) in [5.74, 6) is -0.319. The lowest BCUT2D eigenvalue weighted by Crippen LogP contribution is -2.45. The Hall–Kier alpha value is -1.20. The van der Waals surface area contributed by atoms with Crippen LogP contribution in [-0.2, 0) is 0 Å². The number of hydrogen-bond acceptors (Lipinski definition) is 4. The van der Waals surface area contributed by atoms with Crippen molar-refractivity contribution in [2.75, 3.05) is 0 Å². The Morgan fingerprint density at radius 3 is 2.76 bits per heavy atom. The second kappa shape index (κ2) is 5.42. The summed E-state index contributed by atoms with van der Waals surface area (Å²) in [7, 11) is 0. The largest absolute Gasteiger partial charge is 0.391 e. The molecule has 5 nitrogen and oxygen atoms in total. The number of aliphatic hydroxyl groups excluding tert-OH is 1. The quantitative estimate of drug-likeness (QED) is 0.832. The molecule has 17 heavy (non-hydrogen) atoms. The highest BCUT2D eigenvalue weighted by molar-refractivity contribution is 6.29. The molecule has 0 radical (unpaired) electrons. The molecule has 0 saturated heterocycles. The summed E-state index contributed by atoms with van der Waals surface area (Å²) in [6.07, 6.45) is 5.75. The zero-order chi connectivity index (χ0) is 12.3. The Balaban J connectivity index is 1.98. The Morgan fingerprint density at radius 2 is 2.12 bits per heavy atom. The van der Waals surface area contributed by atoms with Crippen LogP contribution >= 0.6 is 11.6 Å². The molecular formula is C11H14ClN3O2. The van der Waals surface area contributed by atoms with Gasteiger partial charge in [-0.2, -0.15) is 0 Å². The van der Waals surface area contributed by atoms with Crippen LogP contribution in [0, 0.1) is 0 Å². The Morgan fingerprint density at radius 1 is 1.35 bits per heavy atom. The molecule has 1 amide bonds. The summed E-state index contributed by atoms with van der Waals surface area (Å²) in [5, 5.41) is 12.8. The number of hydrogen-bond donors (Lipinski definition) is 2. The standard InChI is InChI=1S/C11H14ClN3O2/c12-10-6-13-8(5-14-10)11(17)15-7-3-1-2-4-9(7)16/h5-7,9,16H,1-4H2,(H,15,17)/t7-,9-/m0/s1. The number of halogens is 1. The predicted molar refractivity (Wildman–Crippen MR) is 62.8 cm³/mol. The van der Waals surface area contributed by atoms with Gasteiger partial charge in [-0.25, -0.2) is 9.97 Å². The number of nitrogens with zero attached hydrogens (tertiary/aromatic N) is 2. The number of aliphatic hydroxyl groups is 1. The fourth-order valence-electron chi connectivity index (χ4n) is 1.95. The van der Waals surface area contributed by atoms with Gasteiger partial charge < -0.3 is 10.4 Å². The maximum atomic E-state index is 11.8. The van der Waals surface area contributed by atoms with Gasteiger partial charge in [-0.1, -0.05) is 24.4 Å². The minimum absolute atomic E-state index is 0.186. The highest BCUT2D eigenvalue weighted by atomic mass is 35.5. The van der Waals surface area contributed by atoms with E-state index in [0.717, 1.165) is 25.7 Å². The first-order chi connectivity index (χ1) is 8.16. The van der Waals surface area contributed by atoms with Gasteiger partial charge >= 0.3 is 0 Å². The lowest BCUT2D eigenvalue weighted by Gasteiger charge is -2.28. The van der Waals surface area contributed by atoms with E-state index >= 15 is 0 Å². The van der Waals surface area contributed by atoms with Crippen molar-refractivity contribution in [2.24, 2.45) is 0 Å². The fourth-order valence-corrected chi connectivity index (χ4v) is 2.05. The summed E-state index contributed by atoms with van der Waals surface area (Å²) in [6.45, 7) is 0. The first-order valence-electron chi connectivity index (χ1n) is 5.63. The van der Waals surface area contributed by atoms with E-state index < -0.39 is 6.10 Å². The summed E-state index contributed by atoms with van der Waals surface area (Å²) < 4.78 is 0. The van der Waals surface area contributed by atoms with Gasteiger partial charge in [0, 0.05) is 0 Å². The SMILES string of the molecule is O=C(N[C@H]1CCCC[C@@H]1O)c1cnc(Cl)cn1. The first kappa shape index (κ1) is 12.3. The van der Waals surface area contributed by atoms with Crippen LogP contribution in [0.15, 0.2) is 12.4 Å². The van der Waals surface area contributed by atoms with E-state index in [-0.39, 0.29) is 22.8 Å². The second-order valence-electron chi connectivity index (χ2n) is 4.16. The maximum Gasteiger partial charge on any atom is 0.271 e. The van der Waals surface area contributed by atoms with Crippen molar-refractivity contribution >= 4 is 17.5 Å². The van der Waals surface area contributed by atoms with Crippen molar-refractivity contribution < 1.29 is 9.90 Å². The van der Waals surface area contributed by atoms with E-state index in [1.807, 2.05) is 0 Å². The van der Waals surface area contributed by atoms with Crippen LogP contribution in [-0.4, -0.2) is 33.1 Å². The van der Waals surface area contributed by atoms with Gasteiger partial charge in [0.05, 0.1) is 24.5 Å². The monoisotopic (exact) mass is 255 g/mol. The van der Waals surface area contributed by atoms with Crippen LogP contribution in [0.2, 0.25) is 5.15 Å². The molecule has 92 valence electrons. The van der Waals surface area contributed by atoms with Crippen LogP contribution in [0.25, 0.3) is 0 Å². The average molecular weight is 256 g/mol. The summed E-state index contributed by atoms with van der Waals surface area (Å²) in [6, 6.07) is -0.186. The minimum atomic E-state index is -0.465. The van der Waals surface area contributed by atoms with Gasteiger partial charge in [0.2, 0.25) is 0 Å². The van der Waals surface area contributed by atoms with Gasteiger partial charge in [-0.15, -0.1) is 0 Å². The topological polar surface area (TPSA) is 75.1 Å². The summed E-state index contributed by atoms with van der Waals surface area (Å²) in [5.41, 5.74) is 0.215. The average Bonchev–Trinajstić information content (AvgIpc) is 2.33. The van der Waals surface area contributed by atoms with Crippen molar-refractivity contribution in [1.29, 1.82) is 0 Å². The second-order valence-corrected chi connectivity index (χ2v) is 4.54. The minimum Gasteiger partial charge on any atom is -0.391 e. The van der Waals surface area contributed by atoms with Gasteiger partial charge in [0.15, 0.2) is 0 Å². The number of nitrogens with one attached hydrogen (secondary N) is 1. The number of carbonyl (C=O) groups is 1. The van der Waals surface area contributed by atoms with Crippen LogP contribution < -0.4 is 5.32 Å². The molecule has 0 unspecified atom stereocenters. The molecule has 0 spiro atoms. The van der Waals surface area contributed by atoms with Crippen LogP contribution in [0.4, 0.5) is 0 Å². The van der Waals surface area contributed by atoms with Crippen molar-refractivity contribution in [3.63, 3.8) is 0 Å². The van der Waals surface area contributed by atoms with Crippen molar-refractivity contribution in [3.05, 3.63) is 23.2 Å². The third-order valence-electron chi connectivity index (χ3n) is 2.90. The maximum absolute atomic E-state index is 11.8. The van der Waals surface area contributed by atoms with Crippen molar-refractivity contribution in [3.8, 4) is 0 Å². The third-order valence-corrected chi connectivity index (χ3v) is 3.09. The third kappa shape index (κ3) is 3.14. The summed E-state index contributed by atoms with van der Waals surface area (Å²) >= 11 is 5.59. The molecule has 0 bridgehead atoms. The molecule has 0 aromatic carbocycles. The van der Waals surface area contributed by atoms with Gasteiger partial charge in [-0.3, -0.25) is 4.79 Å². The zero-order valence-corrected chi connectivity index (χ0v) is 10.0. The highest BCUT2D eigenvalue weighted by Crippen LogP contribution is 2.18. The lowest BCUT2D eigenvalue weighted by atomic mass is 9.92. The Labute approximate surface area is 104 Å². The molecule has 2 N–H and O–H groups in total. The van der Waals surface area contributed by atoms with E-state index in [0.29, 0.717) is 0 Å². The molecule has 0 aliphatic heterocycles. The van der Waals surface area contributed by atoms with Gasteiger partial charge in [-0.05, 0) is 12.8 Å². The molecule has 1 aliphatic carbocycles. The number of carbonyl (C=O) groups excluding carboxylic acids is 1. The summed E-state index contributed by atoms with van der Waals surface area (Å²) in [4.78, 5) is 19.5. The van der Waals surface area contributed by atoms with Crippen LogP contribution in [0.3, 0.4) is 0 Å². The Bertz CT molecular complexity index is 396.